The number of carboxylic acids is 1. The second-order valence-electron chi connectivity index (χ2n) is 10.1. The van der Waals surface area contributed by atoms with E-state index in [1.807, 2.05) is 13.8 Å². The molecule has 1 aromatic heterocycles. The Bertz CT molecular complexity index is 1460. The van der Waals surface area contributed by atoms with E-state index >= 15 is 0 Å². The van der Waals surface area contributed by atoms with Crippen molar-refractivity contribution in [3.63, 3.8) is 0 Å². The lowest BCUT2D eigenvalue weighted by molar-refractivity contribution is -0.307. The van der Waals surface area contributed by atoms with Crippen molar-refractivity contribution in [2.24, 2.45) is 5.14 Å². The molecule has 0 spiro atoms. The van der Waals surface area contributed by atoms with Gasteiger partial charge in [0.25, 0.3) is 5.91 Å². The number of nitrogens with one attached hydrogen (secondary N) is 1. The van der Waals surface area contributed by atoms with Gasteiger partial charge in [0.1, 0.15) is 17.3 Å². The highest BCUT2D eigenvalue weighted by Gasteiger charge is 2.26. The first-order valence-corrected chi connectivity index (χ1v) is 14.6. The van der Waals surface area contributed by atoms with Crippen LogP contribution in [0, 0.1) is 5.82 Å². The zero-order valence-electron chi connectivity index (χ0n) is 22.8. The summed E-state index contributed by atoms with van der Waals surface area (Å²) in [5, 5.41) is 39.0. The predicted molar refractivity (Wildman–Crippen MR) is 146 cm³/mol. The molecular weight excluding hydrogens is 555 g/mol. The molecule has 0 bridgehead atoms. The summed E-state index contributed by atoms with van der Waals surface area (Å²) >= 11 is 0. The van der Waals surface area contributed by atoms with Gasteiger partial charge in [0.2, 0.25) is 10.0 Å². The number of amides is 1. The number of aliphatic hydroxyl groups is 2. The molecule has 13 heteroatoms. The first-order valence-electron chi connectivity index (χ1n) is 13.1. The largest absolute Gasteiger partial charge is 0.550 e. The zero-order valence-corrected chi connectivity index (χ0v) is 23.6. The van der Waals surface area contributed by atoms with Crippen LogP contribution in [-0.2, 0) is 27.8 Å². The van der Waals surface area contributed by atoms with E-state index in [4.69, 9.17) is 5.14 Å². The third kappa shape index (κ3) is 8.92. The van der Waals surface area contributed by atoms with Gasteiger partial charge in [0.15, 0.2) is 0 Å². The van der Waals surface area contributed by atoms with Crippen molar-refractivity contribution in [3.8, 4) is 11.4 Å². The molecule has 0 fully saturated rings. The van der Waals surface area contributed by atoms with Gasteiger partial charge in [-0.2, -0.15) is 0 Å². The molecule has 0 aliphatic rings. The van der Waals surface area contributed by atoms with Crippen molar-refractivity contribution in [3.05, 3.63) is 71.3 Å². The Labute approximate surface area is 237 Å². The van der Waals surface area contributed by atoms with E-state index in [0.717, 1.165) is 5.56 Å². The summed E-state index contributed by atoms with van der Waals surface area (Å²) in [6.07, 6.45) is -2.52. The maximum absolute atomic E-state index is 13.6. The number of rotatable bonds is 14. The number of aliphatic carboxylic acids is 1. The maximum Gasteiger partial charge on any atom is 0.271 e. The number of carbonyl (C=O) groups excluding carboxylic acids is 2. The predicted octanol–water partition coefficient (Wildman–Crippen LogP) is 1.07. The normalized spacial score (nSPS) is 13.2. The van der Waals surface area contributed by atoms with Gasteiger partial charge in [0.05, 0.1) is 22.8 Å². The summed E-state index contributed by atoms with van der Waals surface area (Å²) < 4.78 is 38.3. The van der Waals surface area contributed by atoms with Gasteiger partial charge in [-0.05, 0) is 67.1 Å². The van der Waals surface area contributed by atoms with Crippen molar-refractivity contribution >= 4 is 21.9 Å². The Hall–Kier alpha value is -3.65. The fourth-order valence-corrected chi connectivity index (χ4v) is 5.01. The van der Waals surface area contributed by atoms with Crippen LogP contribution in [0.3, 0.4) is 0 Å². The Balaban J connectivity index is 1.83. The van der Waals surface area contributed by atoms with E-state index in [9.17, 15) is 37.7 Å². The van der Waals surface area contributed by atoms with Gasteiger partial charge in [-0.15, -0.1) is 0 Å². The quantitative estimate of drug-likeness (QED) is 0.215. The molecule has 1 amide bonds. The minimum Gasteiger partial charge on any atom is -0.550 e. The van der Waals surface area contributed by atoms with Crippen LogP contribution in [0.15, 0.2) is 53.4 Å². The summed E-state index contributed by atoms with van der Waals surface area (Å²) in [4.78, 5) is 28.6. The van der Waals surface area contributed by atoms with Crippen molar-refractivity contribution in [1.82, 2.24) is 14.9 Å². The standard InChI is InChI=1S/C28H35FN4O7S/c1-17(2)26-25(28(38)31-13-11-18-3-9-23(10-4-18)41(30,39)40)32-27(19-5-7-20(29)8-6-19)33(26)14-12-21(34)15-22(35)16-24(36)37/h3-10,17,21-22,34-35H,11-16H2,1-2H3,(H,31,38)(H,36,37)(H2,30,39,40)/p-1/t21-,22-/m1/s1. The van der Waals surface area contributed by atoms with Crippen LogP contribution in [0.1, 0.15) is 60.8 Å². The number of nitrogens with two attached hydrogens (primary N) is 1. The van der Waals surface area contributed by atoms with Crippen molar-refractivity contribution in [1.29, 1.82) is 0 Å². The van der Waals surface area contributed by atoms with E-state index in [0.29, 0.717) is 23.5 Å². The van der Waals surface area contributed by atoms with E-state index in [2.05, 4.69) is 10.3 Å². The Morgan fingerprint density at radius 3 is 2.27 bits per heavy atom. The second kappa shape index (κ2) is 13.8. The number of aliphatic hydroxyl groups excluding tert-OH is 2. The second-order valence-corrected chi connectivity index (χ2v) is 11.6. The average molecular weight is 590 g/mol. The highest BCUT2D eigenvalue weighted by Crippen LogP contribution is 2.29. The number of benzene rings is 2. The molecule has 3 aromatic rings. The fourth-order valence-electron chi connectivity index (χ4n) is 4.50. The molecule has 0 aliphatic carbocycles. The smallest absolute Gasteiger partial charge is 0.271 e. The molecule has 11 nitrogen and oxygen atoms in total. The topological polar surface area (TPSA) is 188 Å². The number of carboxylic acid groups (broad SMARTS) is 1. The minimum atomic E-state index is -3.81. The molecule has 0 radical (unpaired) electrons. The van der Waals surface area contributed by atoms with Crippen LogP contribution in [0.4, 0.5) is 4.39 Å². The fraction of sp³-hybridized carbons (Fsp3) is 0.393. The average Bonchev–Trinajstić information content (AvgIpc) is 3.27. The third-order valence-corrected chi connectivity index (χ3v) is 7.38. The lowest BCUT2D eigenvalue weighted by Crippen LogP contribution is -2.30. The molecule has 0 unspecified atom stereocenters. The van der Waals surface area contributed by atoms with Crippen LogP contribution < -0.4 is 15.6 Å². The van der Waals surface area contributed by atoms with Gasteiger partial charge in [-0.3, -0.25) is 4.79 Å². The molecule has 5 N–H and O–H groups in total. The van der Waals surface area contributed by atoms with E-state index in [1.54, 1.807) is 16.7 Å². The molecule has 222 valence electrons. The van der Waals surface area contributed by atoms with E-state index < -0.39 is 46.3 Å². The number of nitrogens with zero attached hydrogens (tertiary/aromatic N) is 2. The molecule has 2 aromatic carbocycles. The molecule has 41 heavy (non-hydrogen) atoms. The van der Waals surface area contributed by atoms with Gasteiger partial charge < -0.3 is 30.0 Å². The van der Waals surface area contributed by atoms with Gasteiger partial charge in [-0.25, -0.2) is 22.9 Å². The van der Waals surface area contributed by atoms with Crippen molar-refractivity contribution in [2.75, 3.05) is 6.54 Å². The SMILES string of the molecule is CC(C)c1c(C(=O)NCCc2ccc(S(N)(=O)=O)cc2)nc(-c2ccc(F)cc2)n1CC[C@@H](O)C[C@@H](O)CC(=O)[O-]. The van der Waals surface area contributed by atoms with Gasteiger partial charge in [0, 0.05) is 31.0 Å². The number of sulfonamides is 1. The third-order valence-electron chi connectivity index (χ3n) is 6.45. The van der Waals surface area contributed by atoms with Crippen LogP contribution >= 0.6 is 0 Å². The van der Waals surface area contributed by atoms with Crippen LogP contribution in [0.2, 0.25) is 0 Å². The molecule has 1 heterocycles. The maximum atomic E-state index is 13.6. The van der Waals surface area contributed by atoms with Gasteiger partial charge in [-0.1, -0.05) is 26.0 Å². The minimum absolute atomic E-state index is 0.00996. The number of halogens is 1. The highest BCUT2D eigenvalue weighted by atomic mass is 32.2. The number of hydrogen-bond donors (Lipinski definition) is 4. The van der Waals surface area contributed by atoms with Crippen molar-refractivity contribution < 1.29 is 37.7 Å². The van der Waals surface area contributed by atoms with Crippen LogP contribution in [0.5, 0.6) is 0 Å². The van der Waals surface area contributed by atoms with Crippen molar-refractivity contribution in [2.45, 2.75) is 69.1 Å². The molecule has 0 saturated carbocycles. The van der Waals surface area contributed by atoms with Gasteiger partial charge >= 0.3 is 0 Å². The number of carbonyl (C=O) groups is 2. The Morgan fingerprint density at radius 2 is 1.71 bits per heavy atom. The summed E-state index contributed by atoms with van der Waals surface area (Å²) in [6.45, 7) is 4.19. The molecule has 0 saturated heterocycles. The number of aromatic nitrogens is 2. The molecular formula is C28H34FN4O7S-. The lowest BCUT2D eigenvalue weighted by Gasteiger charge is -2.19. The molecule has 3 rings (SSSR count). The Kier molecular flexibility index (Phi) is 10.7. The van der Waals surface area contributed by atoms with E-state index in [-0.39, 0.29) is 42.4 Å². The zero-order chi connectivity index (χ0) is 30.3. The number of imidazole rings is 1. The monoisotopic (exact) mass is 589 g/mol. The first-order chi connectivity index (χ1) is 19.3. The summed E-state index contributed by atoms with van der Waals surface area (Å²) in [6, 6.07) is 11.6. The highest BCUT2D eigenvalue weighted by molar-refractivity contribution is 7.89. The Morgan fingerprint density at radius 1 is 1.07 bits per heavy atom. The summed E-state index contributed by atoms with van der Waals surface area (Å²) in [5.41, 5.74) is 2.08. The first kappa shape index (κ1) is 31.9. The molecule has 2 atom stereocenters. The van der Waals surface area contributed by atoms with E-state index in [1.165, 1.54) is 36.4 Å². The number of primary sulfonamides is 1. The van der Waals surface area contributed by atoms with Crippen LogP contribution in [-0.4, -0.2) is 58.8 Å². The summed E-state index contributed by atoms with van der Waals surface area (Å²) in [5.74, 6) is -2.09. The molecule has 0 aliphatic heterocycles. The lowest BCUT2D eigenvalue weighted by atomic mass is 10.0. The summed E-state index contributed by atoms with van der Waals surface area (Å²) in [7, 11) is -3.81. The number of hydrogen-bond acceptors (Lipinski definition) is 8. The van der Waals surface area contributed by atoms with Crippen LogP contribution in [0.25, 0.3) is 11.4 Å².